The van der Waals surface area contributed by atoms with Crippen LogP contribution in [0, 0.1) is 6.92 Å². The zero-order chi connectivity index (χ0) is 12.5. The Kier molecular flexibility index (Phi) is 3.08. The molecular weight excluding hydrogens is 246 g/mol. The van der Waals surface area contributed by atoms with Gasteiger partial charge in [-0.25, -0.2) is 9.97 Å². The highest BCUT2D eigenvalue weighted by atomic mass is 35.5. The Morgan fingerprint density at radius 2 is 2.11 bits per heavy atom. The number of aryl methyl sites for hydroxylation is 2. The monoisotopic (exact) mass is 261 g/mol. The second kappa shape index (κ2) is 4.73. The van der Waals surface area contributed by atoms with Crippen LogP contribution < -0.4 is 0 Å². The maximum Gasteiger partial charge on any atom is 0.138 e. The fourth-order valence-corrected chi connectivity index (χ4v) is 2.74. The Morgan fingerprint density at radius 3 is 2.94 bits per heavy atom. The molecule has 2 heterocycles. The lowest BCUT2D eigenvalue weighted by atomic mass is 10.0. The van der Waals surface area contributed by atoms with Crippen LogP contribution in [0.4, 0.5) is 0 Å². The summed E-state index contributed by atoms with van der Waals surface area (Å²) >= 11 is 5.92. The Morgan fingerprint density at radius 1 is 1.28 bits per heavy atom. The van der Waals surface area contributed by atoms with E-state index in [-0.39, 0.29) is 0 Å². The fraction of sp³-hybridized carbons (Fsp3) is 0.429. The van der Waals surface area contributed by atoms with Gasteiger partial charge in [0.05, 0.1) is 5.69 Å². The number of aromatic nitrogens is 3. The van der Waals surface area contributed by atoms with Gasteiger partial charge in [-0.2, -0.15) is 0 Å². The van der Waals surface area contributed by atoms with Crippen molar-refractivity contribution >= 4 is 11.6 Å². The van der Waals surface area contributed by atoms with E-state index >= 15 is 0 Å². The van der Waals surface area contributed by atoms with Gasteiger partial charge in [0.25, 0.3) is 0 Å². The number of fused-ring (bicyclic) bond motifs is 1. The zero-order valence-electron chi connectivity index (χ0n) is 10.5. The average molecular weight is 262 g/mol. The molecule has 0 saturated heterocycles. The van der Waals surface area contributed by atoms with Gasteiger partial charge in [0.15, 0.2) is 0 Å². The number of alkyl halides is 1. The lowest BCUT2D eigenvalue weighted by Crippen LogP contribution is -2.08. The van der Waals surface area contributed by atoms with Gasteiger partial charge >= 0.3 is 0 Å². The molecule has 0 amide bonds. The van der Waals surface area contributed by atoms with Crippen LogP contribution >= 0.6 is 11.6 Å². The molecule has 0 N–H and O–H groups in total. The number of pyridine rings is 1. The SMILES string of the molecule is Cc1cc(CCl)cc(-n2cnc3c2CCCC3)n1. The summed E-state index contributed by atoms with van der Waals surface area (Å²) in [6.45, 7) is 2.00. The van der Waals surface area contributed by atoms with Gasteiger partial charge < -0.3 is 0 Å². The summed E-state index contributed by atoms with van der Waals surface area (Å²) in [4.78, 5) is 9.10. The van der Waals surface area contributed by atoms with Crippen molar-refractivity contribution < 1.29 is 0 Å². The smallest absolute Gasteiger partial charge is 0.138 e. The average Bonchev–Trinajstić information content (AvgIpc) is 2.81. The molecule has 0 unspecified atom stereocenters. The van der Waals surface area contributed by atoms with Crippen molar-refractivity contribution in [3.05, 3.63) is 41.1 Å². The van der Waals surface area contributed by atoms with Crippen molar-refractivity contribution in [3.8, 4) is 5.82 Å². The first-order valence-electron chi connectivity index (χ1n) is 6.37. The Labute approximate surface area is 112 Å². The van der Waals surface area contributed by atoms with Crippen molar-refractivity contribution in [2.75, 3.05) is 0 Å². The Bertz CT molecular complexity index is 574. The van der Waals surface area contributed by atoms with Crippen LogP contribution in [-0.4, -0.2) is 14.5 Å². The van der Waals surface area contributed by atoms with Crippen molar-refractivity contribution in [1.29, 1.82) is 0 Å². The van der Waals surface area contributed by atoms with E-state index < -0.39 is 0 Å². The van der Waals surface area contributed by atoms with E-state index in [1.165, 1.54) is 24.2 Å². The van der Waals surface area contributed by atoms with E-state index in [1.807, 2.05) is 19.3 Å². The molecule has 2 aromatic rings. The largest absolute Gasteiger partial charge is 0.287 e. The minimum Gasteiger partial charge on any atom is -0.287 e. The standard InChI is InChI=1S/C14H16ClN3/c1-10-6-11(8-15)7-14(17-10)18-9-16-12-4-2-3-5-13(12)18/h6-7,9H,2-5,8H2,1H3. The summed E-state index contributed by atoms with van der Waals surface area (Å²) in [5, 5.41) is 0. The van der Waals surface area contributed by atoms with Crippen LogP contribution in [0.1, 0.15) is 35.5 Å². The van der Waals surface area contributed by atoms with E-state index in [0.717, 1.165) is 29.9 Å². The number of hydrogen-bond acceptors (Lipinski definition) is 2. The maximum absolute atomic E-state index is 5.92. The summed E-state index contributed by atoms with van der Waals surface area (Å²) in [5.74, 6) is 1.47. The molecule has 4 heteroatoms. The highest BCUT2D eigenvalue weighted by Gasteiger charge is 2.16. The van der Waals surface area contributed by atoms with Crippen LogP contribution in [-0.2, 0) is 18.7 Å². The molecular formula is C14H16ClN3. The molecule has 1 aliphatic rings. The minimum absolute atomic E-state index is 0.521. The molecule has 0 atom stereocenters. The lowest BCUT2D eigenvalue weighted by molar-refractivity contribution is 0.654. The Hall–Kier alpha value is -1.35. The second-order valence-corrected chi connectivity index (χ2v) is 5.09. The first-order chi connectivity index (χ1) is 8.78. The van der Waals surface area contributed by atoms with Crippen molar-refractivity contribution in [2.45, 2.75) is 38.5 Å². The van der Waals surface area contributed by atoms with Crippen LogP contribution in [0.5, 0.6) is 0 Å². The second-order valence-electron chi connectivity index (χ2n) is 4.82. The van der Waals surface area contributed by atoms with Gasteiger partial charge in [0.1, 0.15) is 12.1 Å². The highest BCUT2D eigenvalue weighted by molar-refractivity contribution is 6.17. The topological polar surface area (TPSA) is 30.7 Å². The predicted octanol–water partition coefficient (Wildman–Crippen LogP) is 3.19. The maximum atomic E-state index is 5.92. The third-order valence-corrected chi connectivity index (χ3v) is 3.74. The highest BCUT2D eigenvalue weighted by Crippen LogP contribution is 2.23. The van der Waals surface area contributed by atoms with Crippen LogP contribution in [0.2, 0.25) is 0 Å². The van der Waals surface area contributed by atoms with E-state index in [0.29, 0.717) is 5.88 Å². The van der Waals surface area contributed by atoms with Crippen LogP contribution in [0.15, 0.2) is 18.5 Å². The van der Waals surface area contributed by atoms with Crippen LogP contribution in [0.3, 0.4) is 0 Å². The summed E-state index contributed by atoms with van der Waals surface area (Å²) in [7, 11) is 0. The van der Waals surface area contributed by atoms with Gasteiger partial charge in [-0.3, -0.25) is 4.57 Å². The molecule has 0 spiro atoms. The first kappa shape index (κ1) is 11.7. The summed E-state index contributed by atoms with van der Waals surface area (Å²) in [6.07, 6.45) is 6.58. The molecule has 18 heavy (non-hydrogen) atoms. The number of imidazole rings is 1. The first-order valence-corrected chi connectivity index (χ1v) is 6.90. The summed E-state index contributed by atoms with van der Waals surface area (Å²) in [5.41, 5.74) is 4.66. The fourth-order valence-electron chi connectivity index (χ4n) is 2.59. The van der Waals surface area contributed by atoms with Gasteiger partial charge in [-0.05, 0) is 50.3 Å². The molecule has 94 valence electrons. The third kappa shape index (κ3) is 2.03. The summed E-state index contributed by atoms with van der Waals surface area (Å²) < 4.78 is 2.12. The van der Waals surface area contributed by atoms with E-state index in [2.05, 4.69) is 20.6 Å². The molecule has 0 radical (unpaired) electrons. The molecule has 0 fully saturated rings. The van der Waals surface area contributed by atoms with Crippen LogP contribution in [0.25, 0.3) is 5.82 Å². The lowest BCUT2D eigenvalue weighted by Gasteiger charge is -2.14. The van der Waals surface area contributed by atoms with Gasteiger partial charge in [-0.15, -0.1) is 11.6 Å². The number of rotatable bonds is 2. The van der Waals surface area contributed by atoms with Crippen molar-refractivity contribution in [1.82, 2.24) is 14.5 Å². The number of hydrogen-bond donors (Lipinski definition) is 0. The molecule has 0 aliphatic heterocycles. The molecule has 2 aromatic heterocycles. The third-order valence-electron chi connectivity index (χ3n) is 3.43. The normalized spacial score (nSPS) is 14.6. The predicted molar refractivity (Wildman–Crippen MR) is 72.3 cm³/mol. The quantitative estimate of drug-likeness (QED) is 0.778. The molecule has 0 aromatic carbocycles. The minimum atomic E-state index is 0.521. The number of halogens is 1. The molecule has 3 nitrogen and oxygen atoms in total. The molecule has 1 aliphatic carbocycles. The molecule has 0 saturated carbocycles. The Balaban J connectivity index is 2.09. The molecule has 3 rings (SSSR count). The van der Waals surface area contributed by atoms with E-state index in [1.54, 1.807) is 0 Å². The van der Waals surface area contributed by atoms with E-state index in [9.17, 15) is 0 Å². The van der Waals surface area contributed by atoms with Gasteiger partial charge in [0.2, 0.25) is 0 Å². The van der Waals surface area contributed by atoms with Gasteiger partial charge in [-0.1, -0.05) is 0 Å². The zero-order valence-corrected chi connectivity index (χ0v) is 11.2. The van der Waals surface area contributed by atoms with Crippen molar-refractivity contribution in [2.24, 2.45) is 0 Å². The van der Waals surface area contributed by atoms with Gasteiger partial charge in [0, 0.05) is 17.3 Å². The summed E-state index contributed by atoms with van der Waals surface area (Å²) in [6, 6.07) is 4.08. The number of nitrogens with zero attached hydrogens (tertiary/aromatic N) is 3. The van der Waals surface area contributed by atoms with E-state index in [4.69, 9.17) is 11.6 Å². The van der Waals surface area contributed by atoms with Crippen molar-refractivity contribution in [3.63, 3.8) is 0 Å². The molecule has 0 bridgehead atoms.